The molecule has 2 aliphatic heterocycles. The summed E-state index contributed by atoms with van der Waals surface area (Å²) in [4.78, 5) is 8.61. The molecule has 3 aromatic rings. The number of fused-ring (bicyclic) bond motifs is 2. The lowest BCUT2D eigenvalue weighted by Crippen LogP contribution is -2.43. The Bertz CT molecular complexity index is 1250. The van der Waals surface area contributed by atoms with Crippen molar-refractivity contribution in [2.45, 2.75) is 36.7 Å². The topological polar surface area (TPSA) is 98.0 Å². The van der Waals surface area contributed by atoms with Gasteiger partial charge in [-0.3, -0.25) is 4.68 Å². The Labute approximate surface area is 163 Å². The molecule has 1 aromatic carbocycles. The summed E-state index contributed by atoms with van der Waals surface area (Å²) in [5.41, 5.74) is -0.299. The number of rotatable bonds is 2. The number of aromatic nitrogens is 4. The Balaban J connectivity index is 1.57. The van der Waals surface area contributed by atoms with Crippen LogP contribution in [0.4, 0.5) is 13.2 Å². The van der Waals surface area contributed by atoms with Crippen LogP contribution >= 0.6 is 0 Å². The van der Waals surface area contributed by atoms with Gasteiger partial charge in [0, 0.05) is 5.56 Å². The summed E-state index contributed by atoms with van der Waals surface area (Å²) in [6, 6.07) is 1.60. The van der Waals surface area contributed by atoms with E-state index in [4.69, 9.17) is 0 Å². The van der Waals surface area contributed by atoms with Gasteiger partial charge in [-0.2, -0.15) is 18.3 Å². The molecule has 0 atom stereocenters. The molecule has 0 unspecified atom stereocenters. The van der Waals surface area contributed by atoms with Gasteiger partial charge >= 0.3 is 6.18 Å². The van der Waals surface area contributed by atoms with Gasteiger partial charge in [-0.25, -0.2) is 18.4 Å². The second kappa shape index (κ2) is 5.47. The molecule has 3 fully saturated rings. The van der Waals surface area contributed by atoms with Crippen molar-refractivity contribution in [3.63, 3.8) is 0 Å². The third-order valence-corrected chi connectivity index (χ3v) is 8.09. The summed E-state index contributed by atoms with van der Waals surface area (Å²) in [6.45, 7) is 1.45. The maximum absolute atomic E-state index is 12.9. The highest BCUT2D eigenvalue weighted by atomic mass is 32.2. The molecule has 1 saturated carbocycles. The highest BCUT2D eigenvalue weighted by Gasteiger charge is 2.61. The number of benzene rings is 1. The first-order valence-electron chi connectivity index (χ1n) is 8.84. The Morgan fingerprint density at radius 3 is 2.59 bits per heavy atom. The average Bonchev–Trinajstić information content (AvgIpc) is 3.18. The van der Waals surface area contributed by atoms with Crippen LogP contribution in [0.3, 0.4) is 0 Å². The summed E-state index contributed by atoms with van der Waals surface area (Å²) >= 11 is 0. The van der Waals surface area contributed by atoms with Crippen molar-refractivity contribution in [1.29, 1.82) is 0 Å². The van der Waals surface area contributed by atoms with Crippen LogP contribution in [-0.2, 0) is 21.6 Å². The lowest BCUT2D eigenvalue weighted by atomic mass is 9.79. The number of nitrogens with zero attached hydrogens (tertiary/aromatic N) is 4. The maximum atomic E-state index is 12.9. The van der Waals surface area contributed by atoms with Crippen LogP contribution in [0, 0.1) is 6.92 Å². The van der Waals surface area contributed by atoms with Crippen molar-refractivity contribution in [3.8, 4) is 17.0 Å². The highest BCUT2D eigenvalue weighted by molar-refractivity contribution is 7.92. The van der Waals surface area contributed by atoms with E-state index < -0.39 is 32.9 Å². The number of phenols is 1. The zero-order valence-corrected chi connectivity index (χ0v) is 15.9. The molecular weight excluding hydrogens is 409 g/mol. The molecule has 29 heavy (non-hydrogen) atoms. The number of hydrogen-bond acceptors (Lipinski definition) is 6. The van der Waals surface area contributed by atoms with Crippen LogP contribution in [0.15, 0.2) is 24.5 Å². The lowest BCUT2D eigenvalue weighted by molar-refractivity contribution is -0.137. The molecule has 4 heterocycles. The zero-order chi connectivity index (χ0) is 20.8. The van der Waals surface area contributed by atoms with Crippen molar-refractivity contribution in [3.05, 3.63) is 35.7 Å². The molecule has 1 aliphatic carbocycles. The molecule has 2 aromatic heterocycles. The van der Waals surface area contributed by atoms with Gasteiger partial charge in [-0.15, -0.1) is 0 Å². The minimum absolute atomic E-state index is 0.0321. The number of aryl methyl sites for hydroxylation is 1. The number of sulfone groups is 1. The Hall–Kier alpha value is -2.69. The molecule has 11 heteroatoms. The van der Waals surface area contributed by atoms with Crippen molar-refractivity contribution in [2.24, 2.45) is 0 Å². The molecule has 6 rings (SSSR count). The van der Waals surface area contributed by atoms with Crippen LogP contribution in [-0.4, -0.2) is 44.3 Å². The van der Waals surface area contributed by atoms with Gasteiger partial charge < -0.3 is 5.11 Å². The lowest BCUT2D eigenvalue weighted by Gasteiger charge is -2.35. The predicted octanol–water partition coefficient (Wildman–Crippen LogP) is 2.81. The first-order valence-corrected chi connectivity index (χ1v) is 10.6. The Kier molecular flexibility index (Phi) is 3.46. The van der Waals surface area contributed by atoms with E-state index in [1.165, 1.54) is 13.1 Å². The van der Waals surface area contributed by atoms with E-state index in [2.05, 4.69) is 15.1 Å². The first kappa shape index (κ1) is 18.3. The molecule has 152 valence electrons. The predicted molar refractivity (Wildman–Crippen MR) is 96.9 cm³/mol. The van der Waals surface area contributed by atoms with E-state index >= 15 is 0 Å². The van der Waals surface area contributed by atoms with Gasteiger partial charge in [0.2, 0.25) is 0 Å². The van der Waals surface area contributed by atoms with E-state index in [1.807, 2.05) is 0 Å². The second-order valence-corrected chi connectivity index (χ2v) is 10.1. The molecular formula is C18H15F3N4O3S. The summed E-state index contributed by atoms with van der Waals surface area (Å²) < 4.78 is 64.5. The minimum atomic E-state index is -4.57. The molecule has 0 spiro atoms. The van der Waals surface area contributed by atoms with Crippen molar-refractivity contribution in [2.75, 3.05) is 5.75 Å². The van der Waals surface area contributed by atoms with Gasteiger partial charge in [0.15, 0.2) is 15.5 Å². The van der Waals surface area contributed by atoms with Gasteiger partial charge in [0.1, 0.15) is 11.3 Å². The molecule has 0 amide bonds. The fourth-order valence-electron chi connectivity index (χ4n) is 4.33. The van der Waals surface area contributed by atoms with Gasteiger partial charge in [0.05, 0.1) is 40.2 Å². The smallest absolute Gasteiger partial charge is 0.416 e. The molecule has 2 saturated heterocycles. The molecule has 7 nitrogen and oxygen atoms in total. The van der Waals surface area contributed by atoms with Gasteiger partial charge in [-0.05, 0) is 37.5 Å². The van der Waals surface area contributed by atoms with Crippen LogP contribution in [0.1, 0.15) is 24.0 Å². The summed E-state index contributed by atoms with van der Waals surface area (Å²) in [6.07, 6.45) is -0.556. The van der Waals surface area contributed by atoms with Crippen molar-refractivity contribution >= 4 is 21.0 Å². The number of aromatic hydroxyl groups is 1. The summed E-state index contributed by atoms with van der Waals surface area (Å²) in [5, 5.41) is 14.3. The standard InChI is InChI=1S/C18H15F3N4O3S/c1-9-2-10(18(19,20)21)3-14(26)15(9)12-6-22-13-7-25(24-16(13)23-12)17-4-11(5-17)29(27,28)8-17/h2-3,6-7,11,26H,4-5,8H2,1H3. The van der Waals surface area contributed by atoms with Gasteiger partial charge in [0.25, 0.3) is 0 Å². The van der Waals surface area contributed by atoms with E-state index in [0.717, 1.165) is 6.07 Å². The van der Waals surface area contributed by atoms with E-state index in [0.29, 0.717) is 24.4 Å². The molecule has 0 radical (unpaired) electrons. The molecule has 2 bridgehead atoms. The number of phenolic OH excluding ortho intramolecular Hbond substituents is 1. The highest BCUT2D eigenvalue weighted by Crippen LogP contribution is 2.52. The fourth-order valence-corrected chi connectivity index (χ4v) is 6.82. The maximum Gasteiger partial charge on any atom is 0.416 e. The monoisotopic (exact) mass is 424 g/mol. The minimum Gasteiger partial charge on any atom is -0.507 e. The number of alkyl halides is 3. The number of halogens is 3. The molecule has 1 N–H and O–H groups in total. The largest absolute Gasteiger partial charge is 0.507 e. The van der Waals surface area contributed by atoms with E-state index in [-0.39, 0.29) is 33.5 Å². The second-order valence-electron chi connectivity index (χ2n) is 7.78. The summed E-state index contributed by atoms with van der Waals surface area (Å²) in [7, 11) is -3.10. The quantitative estimate of drug-likeness (QED) is 0.679. The Morgan fingerprint density at radius 2 is 2.00 bits per heavy atom. The number of hydrogen-bond donors (Lipinski definition) is 1. The van der Waals surface area contributed by atoms with Crippen molar-refractivity contribution in [1.82, 2.24) is 19.7 Å². The Morgan fingerprint density at radius 1 is 1.28 bits per heavy atom. The third-order valence-electron chi connectivity index (χ3n) is 5.81. The van der Waals surface area contributed by atoms with Crippen molar-refractivity contribution < 1.29 is 26.7 Å². The third kappa shape index (κ3) is 2.63. The van der Waals surface area contributed by atoms with E-state index in [9.17, 15) is 26.7 Å². The zero-order valence-electron chi connectivity index (χ0n) is 15.1. The normalized spacial score (nSPS) is 25.3. The SMILES string of the molecule is Cc1cc(C(F)(F)F)cc(O)c1-c1cnc2cn(C34CC(C3)S(=O)(=O)C4)nc2n1. The molecule has 3 aliphatic rings. The van der Waals surface area contributed by atoms with Crippen LogP contribution in [0.5, 0.6) is 5.75 Å². The van der Waals surface area contributed by atoms with Crippen LogP contribution < -0.4 is 0 Å². The first-order chi connectivity index (χ1) is 13.5. The van der Waals surface area contributed by atoms with Gasteiger partial charge in [-0.1, -0.05) is 0 Å². The summed E-state index contributed by atoms with van der Waals surface area (Å²) in [5.74, 6) is -0.516. The van der Waals surface area contributed by atoms with Crippen LogP contribution in [0.2, 0.25) is 0 Å². The van der Waals surface area contributed by atoms with Crippen LogP contribution in [0.25, 0.3) is 22.4 Å². The average molecular weight is 424 g/mol. The van der Waals surface area contributed by atoms with E-state index in [1.54, 1.807) is 10.9 Å². The fraction of sp³-hybridized carbons (Fsp3) is 0.389.